The first-order chi connectivity index (χ1) is 13.6. The number of para-hydroxylation sites is 1. The summed E-state index contributed by atoms with van der Waals surface area (Å²) < 4.78 is 11.0. The summed E-state index contributed by atoms with van der Waals surface area (Å²) >= 11 is 0. The van der Waals surface area contributed by atoms with Gasteiger partial charge in [-0.3, -0.25) is 10.1 Å². The van der Waals surface area contributed by atoms with Gasteiger partial charge in [0.1, 0.15) is 17.6 Å². The Labute approximate surface area is 159 Å². The first-order valence-corrected chi connectivity index (χ1v) is 8.41. The number of benzene rings is 1. The molecular formula is C19H15N5O4. The standard InChI is InChI=1S/C19H15N5O4/c1-12-7-8-13-4-2-6-15(16(13)23-12)28-19-17(24(25)26)18(21-11-22-19)20-10-14-5-3-9-27-14/h2-9,11H,10H2,1H3,(H,20,21,22). The molecule has 0 aliphatic heterocycles. The fraction of sp³-hybridized carbons (Fsp3) is 0.105. The molecule has 9 heteroatoms. The van der Waals surface area contributed by atoms with Crippen molar-refractivity contribution in [3.8, 4) is 11.6 Å². The summed E-state index contributed by atoms with van der Waals surface area (Å²) in [6.07, 6.45) is 2.73. The summed E-state index contributed by atoms with van der Waals surface area (Å²) in [7, 11) is 0. The zero-order chi connectivity index (χ0) is 19.5. The topological polar surface area (TPSA) is 116 Å². The second-order valence-corrected chi connectivity index (χ2v) is 5.95. The number of pyridine rings is 1. The molecule has 3 heterocycles. The summed E-state index contributed by atoms with van der Waals surface area (Å²) in [5.74, 6) is 0.859. The fourth-order valence-corrected chi connectivity index (χ4v) is 2.72. The Bertz CT molecular complexity index is 1140. The minimum atomic E-state index is -0.580. The molecule has 0 saturated carbocycles. The highest BCUT2D eigenvalue weighted by atomic mass is 16.6. The van der Waals surface area contributed by atoms with Crippen molar-refractivity contribution in [3.63, 3.8) is 0 Å². The van der Waals surface area contributed by atoms with E-state index in [0.717, 1.165) is 11.1 Å². The Morgan fingerprint density at radius 1 is 1.18 bits per heavy atom. The third kappa shape index (κ3) is 3.45. The Morgan fingerprint density at radius 2 is 2.07 bits per heavy atom. The molecule has 0 aliphatic rings. The molecule has 28 heavy (non-hydrogen) atoms. The molecule has 0 atom stereocenters. The van der Waals surface area contributed by atoms with Gasteiger partial charge in [-0.25, -0.2) is 9.97 Å². The molecular weight excluding hydrogens is 362 g/mol. The predicted octanol–water partition coefficient (Wildman–Crippen LogP) is 4.24. The maximum absolute atomic E-state index is 11.7. The second-order valence-electron chi connectivity index (χ2n) is 5.95. The molecule has 3 aromatic heterocycles. The van der Waals surface area contributed by atoms with Gasteiger partial charge < -0.3 is 14.5 Å². The molecule has 0 radical (unpaired) electrons. The summed E-state index contributed by atoms with van der Waals surface area (Å²) in [6, 6.07) is 12.6. The van der Waals surface area contributed by atoms with Gasteiger partial charge in [0.15, 0.2) is 5.75 Å². The lowest BCUT2D eigenvalue weighted by molar-refractivity contribution is -0.385. The first kappa shape index (κ1) is 17.4. The van der Waals surface area contributed by atoms with Gasteiger partial charge >= 0.3 is 11.6 Å². The smallest absolute Gasteiger partial charge is 0.373 e. The highest BCUT2D eigenvalue weighted by Crippen LogP contribution is 2.36. The van der Waals surface area contributed by atoms with E-state index in [1.54, 1.807) is 24.3 Å². The van der Waals surface area contributed by atoms with Crippen molar-refractivity contribution >= 4 is 22.4 Å². The van der Waals surface area contributed by atoms with Gasteiger partial charge in [0.05, 0.1) is 17.7 Å². The van der Waals surface area contributed by atoms with Gasteiger partial charge in [0, 0.05) is 11.1 Å². The molecule has 0 bridgehead atoms. The van der Waals surface area contributed by atoms with Crippen LogP contribution in [0.3, 0.4) is 0 Å². The molecule has 0 saturated heterocycles. The van der Waals surface area contributed by atoms with E-state index in [4.69, 9.17) is 9.15 Å². The van der Waals surface area contributed by atoms with Crippen LogP contribution in [-0.2, 0) is 6.54 Å². The summed E-state index contributed by atoms with van der Waals surface area (Å²) in [5.41, 5.74) is 1.04. The van der Waals surface area contributed by atoms with Crippen molar-refractivity contribution in [1.29, 1.82) is 0 Å². The second kappa shape index (κ2) is 7.31. The van der Waals surface area contributed by atoms with Crippen LogP contribution in [0.1, 0.15) is 11.5 Å². The number of furan rings is 1. The van der Waals surface area contributed by atoms with E-state index < -0.39 is 4.92 Å². The van der Waals surface area contributed by atoms with Crippen LogP contribution >= 0.6 is 0 Å². The SMILES string of the molecule is Cc1ccc2cccc(Oc3ncnc(NCc4ccco4)c3[N+](=O)[O-])c2n1. The van der Waals surface area contributed by atoms with E-state index in [1.165, 1.54) is 12.6 Å². The summed E-state index contributed by atoms with van der Waals surface area (Å²) in [5, 5.41) is 15.4. The number of anilines is 1. The van der Waals surface area contributed by atoms with Crippen LogP contribution in [-0.4, -0.2) is 19.9 Å². The number of aryl methyl sites for hydroxylation is 1. The van der Waals surface area contributed by atoms with Crippen LogP contribution in [0, 0.1) is 17.0 Å². The monoisotopic (exact) mass is 377 g/mol. The molecule has 0 spiro atoms. The Kier molecular flexibility index (Phi) is 4.55. The van der Waals surface area contributed by atoms with E-state index in [2.05, 4.69) is 20.3 Å². The van der Waals surface area contributed by atoms with E-state index in [1.807, 2.05) is 25.1 Å². The molecule has 140 valence electrons. The molecule has 1 N–H and O–H groups in total. The van der Waals surface area contributed by atoms with Crippen molar-refractivity contribution in [2.45, 2.75) is 13.5 Å². The van der Waals surface area contributed by atoms with Gasteiger partial charge in [-0.2, -0.15) is 4.98 Å². The van der Waals surface area contributed by atoms with Crippen LogP contribution in [0.5, 0.6) is 11.6 Å². The zero-order valence-corrected chi connectivity index (χ0v) is 14.8. The molecule has 4 rings (SSSR count). The maximum Gasteiger partial charge on any atom is 0.373 e. The van der Waals surface area contributed by atoms with Gasteiger partial charge in [-0.15, -0.1) is 0 Å². The number of nitrogens with one attached hydrogen (secondary N) is 1. The van der Waals surface area contributed by atoms with Crippen LogP contribution in [0.4, 0.5) is 11.5 Å². The van der Waals surface area contributed by atoms with Crippen LogP contribution < -0.4 is 10.1 Å². The van der Waals surface area contributed by atoms with Gasteiger partial charge in [-0.05, 0) is 31.2 Å². The number of nitro groups is 1. The maximum atomic E-state index is 11.7. The van der Waals surface area contributed by atoms with E-state index >= 15 is 0 Å². The lowest BCUT2D eigenvalue weighted by Gasteiger charge is -2.10. The molecule has 9 nitrogen and oxygen atoms in total. The third-order valence-corrected chi connectivity index (χ3v) is 4.01. The predicted molar refractivity (Wildman–Crippen MR) is 101 cm³/mol. The summed E-state index contributed by atoms with van der Waals surface area (Å²) in [6.45, 7) is 2.10. The van der Waals surface area contributed by atoms with Crippen molar-refractivity contribution in [2.24, 2.45) is 0 Å². The van der Waals surface area contributed by atoms with Crippen molar-refractivity contribution in [3.05, 3.63) is 76.6 Å². The van der Waals surface area contributed by atoms with Gasteiger partial charge in [0.2, 0.25) is 5.82 Å². The Morgan fingerprint density at radius 3 is 2.86 bits per heavy atom. The number of nitrogens with zero attached hydrogens (tertiary/aromatic N) is 4. The van der Waals surface area contributed by atoms with Crippen LogP contribution in [0.2, 0.25) is 0 Å². The molecule has 0 aliphatic carbocycles. The fourth-order valence-electron chi connectivity index (χ4n) is 2.72. The number of fused-ring (bicyclic) bond motifs is 1. The van der Waals surface area contributed by atoms with Crippen LogP contribution in [0.15, 0.2) is 59.5 Å². The molecule has 4 aromatic rings. The van der Waals surface area contributed by atoms with E-state index in [-0.39, 0.29) is 23.9 Å². The number of rotatable bonds is 6. The Balaban J connectivity index is 1.71. The first-order valence-electron chi connectivity index (χ1n) is 8.41. The molecule has 1 aromatic carbocycles. The number of aromatic nitrogens is 3. The zero-order valence-electron chi connectivity index (χ0n) is 14.8. The van der Waals surface area contributed by atoms with Crippen molar-refractivity contribution < 1.29 is 14.1 Å². The average Bonchev–Trinajstić information content (AvgIpc) is 3.20. The van der Waals surface area contributed by atoms with Crippen molar-refractivity contribution in [1.82, 2.24) is 15.0 Å². The molecule has 0 amide bonds. The number of hydrogen-bond acceptors (Lipinski definition) is 8. The normalized spacial score (nSPS) is 10.8. The Hall–Kier alpha value is -4.01. The molecule has 0 unspecified atom stereocenters. The van der Waals surface area contributed by atoms with E-state index in [9.17, 15) is 10.1 Å². The highest BCUT2D eigenvalue weighted by Gasteiger charge is 2.25. The van der Waals surface area contributed by atoms with E-state index in [0.29, 0.717) is 17.0 Å². The summed E-state index contributed by atoms with van der Waals surface area (Å²) in [4.78, 5) is 23.5. The lowest BCUT2D eigenvalue weighted by Crippen LogP contribution is -2.06. The van der Waals surface area contributed by atoms with Crippen molar-refractivity contribution in [2.75, 3.05) is 5.32 Å². The largest absolute Gasteiger partial charge is 0.467 e. The number of ether oxygens (including phenoxy) is 1. The van der Waals surface area contributed by atoms with Gasteiger partial charge in [0.25, 0.3) is 0 Å². The average molecular weight is 377 g/mol. The number of hydrogen-bond donors (Lipinski definition) is 1. The quantitative estimate of drug-likeness (QED) is 0.392. The van der Waals surface area contributed by atoms with Gasteiger partial charge in [-0.1, -0.05) is 18.2 Å². The van der Waals surface area contributed by atoms with Crippen LogP contribution in [0.25, 0.3) is 10.9 Å². The minimum Gasteiger partial charge on any atom is -0.467 e. The highest BCUT2D eigenvalue weighted by molar-refractivity contribution is 5.85. The minimum absolute atomic E-state index is 0.0378. The lowest BCUT2D eigenvalue weighted by atomic mass is 10.2. The third-order valence-electron chi connectivity index (χ3n) is 4.01. The molecule has 0 fully saturated rings.